The van der Waals surface area contributed by atoms with Crippen molar-refractivity contribution < 1.29 is 38.9 Å². The van der Waals surface area contributed by atoms with Crippen molar-refractivity contribution in [3.05, 3.63) is 0 Å². The van der Waals surface area contributed by atoms with Crippen LogP contribution in [-0.4, -0.2) is 82.8 Å². The van der Waals surface area contributed by atoms with E-state index in [1.54, 1.807) is 41.5 Å². The number of hydrogen-bond donors (Lipinski definition) is 6. The number of alkyl carbamates (subject to hydrolysis) is 2. The molecule has 0 spiro atoms. The molecule has 2 atom stereocenters. The fourth-order valence-electron chi connectivity index (χ4n) is 5.03. The number of nitrogens with one attached hydrogen (secondary N) is 4. The molecule has 2 aliphatic carbocycles. The maximum absolute atomic E-state index is 12.4. The molecule has 2 rings (SSSR count). The quantitative estimate of drug-likeness (QED) is 0.174. The van der Waals surface area contributed by atoms with Crippen LogP contribution in [0, 0.1) is 0 Å². The Hall–Kier alpha value is -2.60. The van der Waals surface area contributed by atoms with Gasteiger partial charge in [-0.2, -0.15) is 0 Å². The van der Waals surface area contributed by atoms with Crippen LogP contribution in [0.1, 0.15) is 125 Å². The van der Waals surface area contributed by atoms with E-state index < -0.39 is 54.0 Å². The summed E-state index contributed by atoms with van der Waals surface area (Å²) in [5.41, 5.74) is -1.39. The first kappa shape index (κ1) is 38.4. The molecular weight excluding hydrogens is 556 g/mol. The van der Waals surface area contributed by atoms with Crippen LogP contribution < -0.4 is 21.3 Å². The van der Waals surface area contributed by atoms with E-state index in [-0.39, 0.29) is 6.42 Å². The molecule has 0 aromatic heterocycles. The van der Waals surface area contributed by atoms with Crippen molar-refractivity contribution in [1.29, 1.82) is 0 Å². The lowest BCUT2D eigenvalue weighted by Crippen LogP contribution is -2.53. The number of aliphatic carboxylic acids is 1. The van der Waals surface area contributed by atoms with Crippen molar-refractivity contribution in [3.8, 4) is 0 Å². The Labute approximate surface area is 257 Å². The highest BCUT2D eigenvalue weighted by Gasteiger charge is 2.28. The van der Waals surface area contributed by atoms with Gasteiger partial charge in [-0.1, -0.05) is 38.5 Å². The average Bonchev–Trinajstić information content (AvgIpc) is 2.90. The highest BCUT2D eigenvalue weighted by atomic mass is 16.6. The van der Waals surface area contributed by atoms with Gasteiger partial charge in [0.25, 0.3) is 0 Å². The zero-order valence-electron chi connectivity index (χ0n) is 27.3. The van der Waals surface area contributed by atoms with E-state index in [4.69, 9.17) is 19.7 Å². The van der Waals surface area contributed by atoms with E-state index in [0.29, 0.717) is 19.4 Å². The van der Waals surface area contributed by atoms with Gasteiger partial charge in [-0.15, -0.1) is 0 Å². The average molecular weight is 615 g/mol. The molecule has 0 radical (unpaired) electrons. The summed E-state index contributed by atoms with van der Waals surface area (Å²) in [6.45, 7) is 9.73. The summed E-state index contributed by atoms with van der Waals surface area (Å²) < 4.78 is 10.2. The smallest absolute Gasteiger partial charge is 0.408 e. The third-order valence-electron chi connectivity index (χ3n) is 7.07. The zero-order valence-corrected chi connectivity index (χ0v) is 27.3. The van der Waals surface area contributed by atoms with Crippen LogP contribution in [0.5, 0.6) is 0 Å². The van der Waals surface area contributed by atoms with Gasteiger partial charge in [0.1, 0.15) is 23.3 Å². The summed E-state index contributed by atoms with van der Waals surface area (Å²) in [5.74, 6) is -2.16. The van der Waals surface area contributed by atoms with E-state index in [1.807, 2.05) is 0 Å². The van der Waals surface area contributed by atoms with E-state index >= 15 is 0 Å². The molecule has 6 N–H and O–H groups in total. The monoisotopic (exact) mass is 614 g/mol. The third kappa shape index (κ3) is 19.3. The summed E-state index contributed by atoms with van der Waals surface area (Å²) in [4.78, 5) is 47.1. The molecule has 2 fully saturated rings. The molecule has 12 nitrogen and oxygen atoms in total. The van der Waals surface area contributed by atoms with Crippen LogP contribution in [-0.2, 0) is 19.1 Å². The second-order valence-corrected chi connectivity index (χ2v) is 13.5. The van der Waals surface area contributed by atoms with Gasteiger partial charge in [-0.05, 0) is 86.5 Å². The Morgan fingerprint density at radius 2 is 1.21 bits per heavy atom. The predicted molar refractivity (Wildman–Crippen MR) is 165 cm³/mol. The molecule has 3 amide bonds. The van der Waals surface area contributed by atoms with Crippen molar-refractivity contribution in [2.75, 3.05) is 13.2 Å². The minimum Gasteiger partial charge on any atom is -0.480 e. The van der Waals surface area contributed by atoms with Gasteiger partial charge >= 0.3 is 18.2 Å². The summed E-state index contributed by atoms with van der Waals surface area (Å²) in [7, 11) is 0. The van der Waals surface area contributed by atoms with Crippen molar-refractivity contribution in [1.82, 2.24) is 21.3 Å². The summed E-state index contributed by atoms with van der Waals surface area (Å²) in [6.07, 6.45) is 14.3. The van der Waals surface area contributed by atoms with Crippen LogP contribution in [0.3, 0.4) is 0 Å². The second kappa shape index (κ2) is 19.6. The lowest BCUT2D eigenvalue weighted by atomic mass is 9.91. The third-order valence-corrected chi connectivity index (χ3v) is 7.07. The highest BCUT2D eigenvalue weighted by Crippen LogP contribution is 2.22. The van der Waals surface area contributed by atoms with Gasteiger partial charge in [0.15, 0.2) is 0 Å². The van der Waals surface area contributed by atoms with Crippen LogP contribution in [0.15, 0.2) is 0 Å². The van der Waals surface area contributed by atoms with Gasteiger partial charge in [0.05, 0.1) is 6.61 Å². The molecule has 2 saturated carbocycles. The standard InChI is InChI=1S/C19H35N3O8.C12H23N/c1-18(2,3)29-16(27)20-10-8-7-9-12(22-17(28)30-19(4,5)6)14(24)21-13(11-23)15(25)26;1-3-7-11(8-4-1)13-12-9-5-2-6-10-12/h12-13,23H,7-11H2,1-6H3,(H,20,27)(H,21,24)(H,22,28)(H,25,26);11-13H,1-10H2/t12-,13-;/m0./s1. The Balaban J connectivity index is 0.000000580. The van der Waals surface area contributed by atoms with Gasteiger partial charge in [-0.3, -0.25) is 4.79 Å². The predicted octanol–water partition coefficient (Wildman–Crippen LogP) is 4.38. The lowest BCUT2D eigenvalue weighted by Gasteiger charge is -2.30. The topological polar surface area (TPSA) is 175 Å². The Morgan fingerprint density at radius 3 is 1.65 bits per heavy atom. The molecule has 0 aromatic rings. The van der Waals surface area contributed by atoms with Crippen molar-refractivity contribution in [2.45, 2.75) is 160 Å². The number of aliphatic hydroxyl groups excluding tert-OH is 1. The van der Waals surface area contributed by atoms with Crippen LogP contribution >= 0.6 is 0 Å². The molecule has 43 heavy (non-hydrogen) atoms. The molecule has 0 aliphatic heterocycles. The fourth-order valence-corrected chi connectivity index (χ4v) is 5.03. The van der Waals surface area contributed by atoms with Gasteiger partial charge in [-0.25, -0.2) is 14.4 Å². The number of carboxylic acids is 1. The maximum atomic E-state index is 12.4. The normalized spacial score (nSPS) is 17.8. The number of ether oxygens (including phenoxy) is 2. The number of amides is 3. The summed E-state index contributed by atoms with van der Waals surface area (Å²) in [5, 5.41) is 29.1. The summed E-state index contributed by atoms with van der Waals surface area (Å²) >= 11 is 0. The van der Waals surface area contributed by atoms with E-state index in [1.165, 1.54) is 64.2 Å². The van der Waals surface area contributed by atoms with Crippen molar-refractivity contribution in [3.63, 3.8) is 0 Å². The minimum absolute atomic E-state index is 0.166. The van der Waals surface area contributed by atoms with Gasteiger partial charge in [0.2, 0.25) is 5.91 Å². The number of carbonyl (C=O) groups is 4. The van der Waals surface area contributed by atoms with Crippen LogP contribution in [0.4, 0.5) is 9.59 Å². The molecule has 0 heterocycles. The minimum atomic E-state index is -1.49. The zero-order chi connectivity index (χ0) is 32.5. The van der Waals surface area contributed by atoms with Crippen LogP contribution in [0.2, 0.25) is 0 Å². The van der Waals surface area contributed by atoms with Gasteiger partial charge < -0.3 is 41.0 Å². The van der Waals surface area contributed by atoms with Crippen molar-refractivity contribution >= 4 is 24.1 Å². The first-order valence-electron chi connectivity index (χ1n) is 16.0. The fraction of sp³-hybridized carbons (Fsp3) is 0.871. The van der Waals surface area contributed by atoms with E-state index in [2.05, 4.69) is 21.3 Å². The number of hydrogen-bond acceptors (Lipinski definition) is 8. The SMILES string of the molecule is C1CCC(NC2CCCCC2)CC1.CC(C)(C)OC(=O)NCCCC[C@H](NC(=O)OC(C)(C)C)C(=O)N[C@@H](CO)C(=O)O. The summed E-state index contributed by atoms with van der Waals surface area (Å²) in [6, 6.07) is -0.822. The number of aliphatic hydroxyl groups is 1. The van der Waals surface area contributed by atoms with E-state index in [0.717, 1.165) is 12.1 Å². The first-order chi connectivity index (χ1) is 20.1. The molecular formula is C31H58N4O8. The number of carbonyl (C=O) groups excluding carboxylic acids is 3. The number of rotatable bonds is 12. The van der Waals surface area contributed by atoms with Crippen molar-refractivity contribution in [2.24, 2.45) is 0 Å². The van der Waals surface area contributed by atoms with Crippen LogP contribution in [0.25, 0.3) is 0 Å². The highest BCUT2D eigenvalue weighted by molar-refractivity contribution is 5.89. The molecule has 12 heteroatoms. The molecule has 0 bridgehead atoms. The Morgan fingerprint density at radius 1 is 0.721 bits per heavy atom. The Bertz CT molecular complexity index is 828. The molecule has 2 aliphatic rings. The second-order valence-electron chi connectivity index (χ2n) is 13.5. The molecule has 250 valence electrons. The number of unbranched alkanes of at least 4 members (excludes halogenated alkanes) is 1. The molecule has 0 unspecified atom stereocenters. The van der Waals surface area contributed by atoms with Gasteiger partial charge in [0, 0.05) is 18.6 Å². The first-order valence-corrected chi connectivity index (χ1v) is 16.0. The number of carboxylic acid groups (broad SMARTS) is 1. The molecule has 0 saturated heterocycles. The lowest BCUT2D eigenvalue weighted by molar-refractivity contribution is -0.143. The maximum Gasteiger partial charge on any atom is 0.408 e. The Kier molecular flexibility index (Phi) is 17.5. The molecule has 0 aromatic carbocycles. The van der Waals surface area contributed by atoms with E-state index in [9.17, 15) is 19.2 Å². The largest absolute Gasteiger partial charge is 0.480 e.